The number of nitrogens with one attached hydrogen (secondary N) is 1. The van der Waals surface area contributed by atoms with Gasteiger partial charge in [0, 0.05) is 6.42 Å². The van der Waals surface area contributed by atoms with Crippen LogP contribution in [0.2, 0.25) is 0 Å². The fourth-order valence-electron chi connectivity index (χ4n) is 3.07. The molecule has 1 N–H and O–H groups in total. The molecular formula is C14H27NO2. The lowest BCUT2D eigenvalue weighted by Crippen LogP contribution is -2.37. The van der Waals surface area contributed by atoms with Gasteiger partial charge < -0.3 is 14.8 Å². The number of rotatable bonds is 3. The molecule has 2 fully saturated rings. The van der Waals surface area contributed by atoms with E-state index < -0.39 is 0 Å². The summed E-state index contributed by atoms with van der Waals surface area (Å²) in [5.41, 5.74) is -0.182. The fraction of sp³-hybridized carbons (Fsp3) is 1.00. The molecule has 2 rings (SSSR count). The van der Waals surface area contributed by atoms with Crippen LogP contribution in [0.25, 0.3) is 0 Å². The smallest absolute Gasteiger partial charge is 0.0895 e. The molecule has 3 heteroatoms. The van der Waals surface area contributed by atoms with E-state index in [1.54, 1.807) is 0 Å². The topological polar surface area (TPSA) is 30.5 Å². The molecule has 0 aliphatic carbocycles. The molecule has 0 saturated carbocycles. The van der Waals surface area contributed by atoms with Crippen molar-refractivity contribution in [3.8, 4) is 0 Å². The predicted molar refractivity (Wildman–Crippen MR) is 69.2 cm³/mol. The van der Waals surface area contributed by atoms with Crippen LogP contribution >= 0.6 is 0 Å². The first-order chi connectivity index (χ1) is 7.89. The number of ether oxygens (including phenoxy) is 2. The summed E-state index contributed by atoms with van der Waals surface area (Å²) < 4.78 is 12.2. The molecule has 0 radical (unpaired) electrons. The van der Waals surface area contributed by atoms with Gasteiger partial charge in [0.25, 0.3) is 0 Å². The summed E-state index contributed by atoms with van der Waals surface area (Å²) in [6, 6.07) is 0. The van der Waals surface area contributed by atoms with Crippen molar-refractivity contribution in [2.24, 2.45) is 5.92 Å². The Morgan fingerprint density at radius 3 is 2.35 bits per heavy atom. The molecule has 0 bridgehead atoms. The zero-order valence-corrected chi connectivity index (χ0v) is 11.7. The van der Waals surface area contributed by atoms with E-state index in [0.29, 0.717) is 0 Å². The van der Waals surface area contributed by atoms with Crippen molar-refractivity contribution >= 4 is 0 Å². The molecule has 0 aromatic heterocycles. The molecule has 3 nitrogen and oxygen atoms in total. The summed E-state index contributed by atoms with van der Waals surface area (Å²) in [5.74, 6) is 0.732. The van der Waals surface area contributed by atoms with E-state index in [1.807, 2.05) is 0 Å². The molecule has 17 heavy (non-hydrogen) atoms. The molecule has 2 aliphatic rings. The minimum absolute atomic E-state index is 0.0394. The predicted octanol–water partition coefficient (Wildman–Crippen LogP) is 2.35. The normalized spacial score (nSPS) is 32.8. The van der Waals surface area contributed by atoms with Crippen LogP contribution in [-0.4, -0.2) is 37.0 Å². The third-order valence-corrected chi connectivity index (χ3v) is 3.98. The van der Waals surface area contributed by atoms with Crippen LogP contribution in [0.15, 0.2) is 0 Å². The molecule has 1 unspecified atom stereocenters. The van der Waals surface area contributed by atoms with Crippen molar-refractivity contribution < 1.29 is 9.47 Å². The van der Waals surface area contributed by atoms with Gasteiger partial charge in [0.1, 0.15) is 0 Å². The monoisotopic (exact) mass is 241 g/mol. The molecule has 100 valence electrons. The Labute approximate surface area is 105 Å². The lowest BCUT2D eigenvalue weighted by molar-refractivity contribution is -0.107. The molecular weight excluding hydrogens is 214 g/mol. The Morgan fingerprint density at radius 1 is 1.18 bits per heavy atom. The van der Waals surface area contributed by atoms with Crippen molar-refractivity contribution in [2.45, 2.75) is 64.3 Å². The molecule has 0 aromatic rings. The average molecular weight is 241 g/mol. The molecule has 0 spiro atoms. The highest BCUT2D eigenvalue weighted by Gasteiger charge is 2.46. The highest BCUT2D eigenvalue weighted by molar-refractivity contribution is 4.95. The Balaban J connectivity index is 1.82. The van der Waals surface area contributed by atoms with Crippen LogP contribution < -0.4 is 5.32 Å². The Kier molecular flexibility index (Phi) is 3.81. The third-order valence-electron chi connectivity index (χ3n) is 3.98. The standard InChI is InChI=1S/C14H27NO2/c1-13(2)9-12(14(3,4)17-13)16-10-11-5-7-15-8-6-11/h11-12,15H,5-10H2,1-4H3. The Bertz CT molecular complexity index is 257. The molecule has 2 saturated heterocycles. The second kappa shape index (κ2) is 4.87. The van der Waals surface area contributed by atoms with E-state index >= 15 is 0 Å². The first-order valence-electron chi connectivity index (χ1n) is 6.91. The van der Waals surface area contributed by atoms with Gasteiger partial charge in [-0.1, -0.05) is 0 Å². The van der Waals surface area contributed by atoms with Gasteiger partial charge in [-0.2, -0.15) is 0 Å². The van der Waals surface area contributed by atoms with E-state index in [-0.39, 0.29) is 17.3 Å². The third kappa shape index (κ3) is 3.43. The lowest BCUT2D eigenvalue weighted by atomic mass is 9.96. The van der Waals surface area contributed by atoms with Crippen molar-refractivity contribution in [1.82, 2.24) is 5.32 Å². The Morgan fingerprint density at radius 2 is 1.82 bits per heavy atom. The summed E-state index contributed by atoms with van der Waals surface area (Å²) in [7, 11) is 0. The number of piperidine rings is 1. The van der Waals surface area contributed by atoms with E-state index in [4.69, 9.17) is 9.47 Å². The highest BCUT2D eigenvalue weighted by atomic mass is 16.6. The molecule has 1 atom stereocenters. The summed E-state index contributed by atoms with van der Waals surface area (Å²) >= 11 is 0. The first-order valence-corrected chi connectivity index (χ1v) is 6.91. The minimum Gasteiger partial charge on any atom is -0.375 e. The van der Waals surface area contributed by atoms with Gasteiger partial charge in [0.05, 0.1) is 23.9 Å². The van der Waals surface area contributed by atoms with Crippen molar-refractivity contribution in [3.63, 3.8) is 0 Å². The summed E-state index contributed by atoms with van der Waals surface area (Å²) in [6.07, 6.45) is 3.74. The quantitative estimate of drug-likeness (QED) is 0.822. The van der Waals surface area contributed by atoms with Gasteiger partial charge in [0.2, 0.25) is 0 Å². The van der Waals surface area contributed by atoms with E-state index in [9.17, 15) is 0 Å². The van der Waals surface area contributed by atoms with Gasteiger partial charge in [-0.15, -0.1) is 0 Å². The van der Waals surface area contributed by atoms with Gasteiger partial charge in [-0.25, -0.2) is 0 Å². The second-order valence-electron chi connectivity index (χ2n) is 6.68. The summed E-state index contributed by atoms with van der Waals surface area (Å²) in [5, 5.41) is 3.39. The SMILES string of the molecule is CC1(C)CC(OCC2CCNCC2)C(C)(C)O1. The zero-order valence-electron chi connectivity index (χ0n) is 11.7. The van der Waals surface area contributed by atoms with Gasteiger partial charge in [-0.05, 0) is 59.5 Å². The fourth-order valence-corrected chi connectivity index (χ4v) is 3.07. The van der Waals surface area contributed by atoms with Crippen LogP contribution in [0, 0.1) is 5.92 Å². The second-order valence-corrected chi connectivity index (χ2v) is 6.68. The van der Waals surface area contributed by atoms with Crippen molar-refractivity contribution in [2.75, 3.05) is 19.7 Å². The first kappa shape index (κ1) is 13.3. The van der Waals surface area contributed by atoms with Crippen LogP contribution in [0.4, 0.5) is 0 Å². The molecule has 0 aromatic carbocycles. The minimum atomic E-state index is -0.142. The van der Waals surface area contributed by atoms with Gasteiger partial charge in [0.15, 0.2) is 0 Å². The molecule has 2 heterocycles. The van der Waals surface area contributed by atoms with E-state index in [0.717, 1.165) is 32.0 Å². The zero-order chi connectivity index (χ0) is 12.5. The molecule has 2 aliphatic heterocycles. The van der Waals surface area contributed by atoms with Crippen molar-refractivity contribution in [3.05, 3.63) is 0 Å². The van der Waals surface area contributed by atoms with E-state index in [2.05, 4.69) is 33.0 Å². The summed E-state index contributed by atoms with van der Waals surface area (Å²) in [4.78, 5) is 0. The van der Waals surface area contributed by atoms with Gasteiger partial charge in [-0.3, -0.25) is 0 Å². The van der Waals surface area contributed by atoms with Crippen LogP contribution in [0.1, 0.15) is 47.0 Å². The maximum atomic E-state index is 6.14. The largest absolute Gasteiger partial charge is 0.375 e. The average Bonchev–Trinajstić information content (AvgIpc) is 2.45. The van der Waals surface area contributed by atoms with Crippen LogP contribution in [0.3, 0.4) is 0 Å². The van der Waals surface area contributed by atoms with Crippen LogP contribution in [0.5, 0.6) is 0 Å². The van der Waals surface area contributed by atoms with Gasteiger partial charge >= 0.3 is 0 Å². The summed E-state index contributed by atoms with van der Waals surface area (Å²) in [6.45, 7) is 11.8. The lowest BCUT2D eigenvalue weighted by Gasteiger charge is -2.29. The van der Waals surface area contributed by atoms with E-state index in [1.165, 1.54) is 12.8 Å². The van der Waals surface area contributed by atoms with Crippen molar-refractivity contribution in [1.29, 1.82) is 0 Å². The maximum Gasteiger partial charge on any atom is 0.0895 e. The Hall–Kier alpha value is -0.120. The number of hydrogen-bond donors (Lipinski definition) is 1. The van der Waals surface area contributed by atoms with Crippen LogP contribution in [-0.2, 0) is 9.47 Å². The molecule has 0 amide bonds. The highest BCUT2D eigenvalue weighted by Crippen LogP contribution is 2.39. The maximum absolute atomic E-state index is 6.14. The number of hydrogen-bond acceptors (Lipinski definition) is 3.